The lowest BCUT2D eigenvalue weighted by Gasteiger charge is -2.46. The number of hydrogen-bond donors (Lipinski definition) is 1. The number of nitrogens with zero attached hydrogens (tertiary/aromatic N) is 1. The van der Waals surface area contributed by atoms with E-state index < -0.39 is 6.04 Å². The van der Waals surface area contributed by atoms with Crippen LogP contribution in [0.5, 0.6) is 0 Å². The van der Waals surface area contributed by atoms with Crippen LogP contribution in [0.1, 0.15) is 30.9 Å². The van der Waals surface area contributed by atoms with Gasteiger partial charge in [-0.05, 0) is 24.8 Å². The smallest absolute Gasteiger partial charge is 0.244 e. The van der Waals surface area contributed by atoms with E-state index in [0.29, 0.717) is 13.2 Å². The third-order valence-corrected chi connectivity index (χ3v) is 4.81. The average Bonchev–Trinajstić information content (AvgIpc) is 2.60. The number of morpholine rings is 1. The van der Waals surface area contributed by atoms with Crippen LogP contribution in [0, 0.1) is 0 Å². The van der Waals surface area contributed by atoms with Crippen LogP contribution in [0.4, 0.5) is 0 Å². The van der Waals surface area contributed by atoms with Crippen molar-refractivity contribution in [1.29, 1.82) is 0 Å². The molecule has 0 bridgehead atoms. The molecule has 0 spiro atoms. The monoisotopic (exact) mass is 304 g/mol. The van der Waals surface area contributed by atoms with Crippen LogP contribution in [0.15, 0.2) is 30.3 Å². The summed E-state index contributed by atoms with van der Waals surface area (Å²) in [6.07, 6.45) is 3.07. The quantitative estimate of drug-likeness (QED) is 0.918. The largest absolute Gasteiger partial charge is 0.381 e. The second-order valence-corrected chi connectivity index (χ2v) is 6.07. The molecule has 1 saturated carbocycles. The number of methoxy groups -OCH3 is 1. The molecule has 2 aliphatic rings. The van der Waals surface area contributed by atoms with E-state index in [1.165, 1.54) is 0 Å². The highest BCUT2D eigenvalue weighted by Crippen LogP contribution is 2.31. The highest BCUT2D eigenvalue weighted by atomic mass is 16.5. The zero-order valence-corrected chi connectivity index (χ0v) is 13.0. The molecule has 1 aromatic carbocycles. The van der Waals surface area contributed by atoms with Gasteiger partial charge in [0.2, 0.25) is 5.91 Å². The fourth-order valence-electron chi connectivity index (χ4n) is 3.54. The number of hydrogen-bond acceptors (Lipinski definition) is 4. The molecule has 0 radical (unpaired) electrons. The van der Waals surface area contributed by atoms with Gasteiger partial charge in [0.05, 0.1) is 24.9 Å². The highest BCUT2D eigenvalue weighted by Gasteiger charge is 2.41. The average molecular weight is 304 g/mol. The maximum atomic E-state index is 12.9. The Balaban J connectivity index is 1.75. The van der Waals surface area contributed by atoms with Crippen LogP contribution in [-0.2, 0) is 14.3 Å². The summed E-state index contributed by atoms with van der Waals surface area (Å²) in [5.74, 6) is -0.0127. The molecule has 1 amide bonds. The number of carbonyl (C=O) groups excluding carboxylic acids is 1. The molecule has 1 aliphatic carbocycles. The van der Waals surface area contributed by atoms with Gasteiger partial charge in [-0.15, -0.1) is 0 Å². The zero-order chi connectivity index (χ0) is 15.5. The molecule has 2 fully saturated rings. The molecule has 2 N–H and O–H groups in total. The Morgan fingerprint density at radius 2 is 2.14 bits per heavy atom. The molecule has 1 saturated heterocycles. The second kappa shape index (κ2) is 6.77. The lowest BCUT2D eigenvalue weighted by molar-refractivity contribution is -0.156. The van der Waals surface area contributed by atoms with Crippen molar-refractivity contribution in [3.63, 3.8) is 0 Å². The highest BCUT2D eigenvalue weighted by molar-refractivity contribution is 5.83. The summed E-state index contributed by atoms with van der Waals surface area (Å²) in [5, 5.41) is 0. The third kappa shape index (κ3) is 3.02. The molecule has 5 nitrogen and oxygen atoms in total. The van der Waals surface area contributed by atoms with Crippen LogP contribution < -0.4 is 5.73 Å². The van der Waals surface area contributed by atoms with E-state index in [-0.39, 0.29) is 24.2 Å². The van der Waals surface area contributed by atoms with Crippen LogP contribution >= 0.6 is 0 Å². The van der Waals surface area contributed by atoms with Gasteiger partial charge in [0, 0.05) is 13.7 Å². The molecular weight excluding hydrogens is 280 g/mol. The van der Waals surface area contributed by atoms with E-state index in [2.05, 4.69) is 0 Å². The van der Waals surface area contributed by atoms with Crippen molar-refractivity contribution >= 4 is 5.91 Å². The number of benzene rings is 1. The van der Waals surface area contributed by atoms with Gasteiger partial charge >= 0.3 is 0 Å². The Kier molecular flexibility index (Phi) is 4.76. The predicted molar refractivity (Wildman–Crippen MR) is 83.3 cm³/mol. The summed E-state index contributed by atoms with van der Waals surface area (Å²) in [4.78, 5) is 14.8. The molecule has 4 atom stereocenters. The SMILES string of the molecule is CO[C@@H]1CC[C@@H]2OCCN(C(=O)[C@@H](N)c3ccccc3)[C@H]2C1. The van der Waals surface area contributed by atoms with Gasteiger partial charge in [0.25, 0.3) is 0 Å². The Bertz CT molecular complexity index is 508. The van der Waals surface area contributed by atoms with Gasteiger partial charge in [-0.1, -0.05) is 30.3 Å². The number of fused-ring (bicyclic) bond motifs is 1. The van der Waals surface area contributed by atoms with E-state index in [1.54, 1.807) is 7.11 Å². The van der Waals surface area contributed by atoms with Crippen molar-refractivity contribution in [3.8, 4) is 0 Å². The fraction of sp³-hybridized carbons (Fsp3) is 0.588. The van der Waals surface area contributed by atoms with E-state index in [1.807, 2.05) is 35.2 Å². The Morgan fingerprint density at radius 1 is 1.36 bits per heavy atom. The maximum Gasteiger partial charge on any atom is 0.244 e. The standard InChI is InChI=1S/C17H24N2O3/c1-21-13-7-8-15-14(11-13)19(9-10-22-15)17(20)16(18)12-5-3-2-4-6-12/h2-6,13-16H,7-11,18H2,1H3/t13-,14+,15+,16+/m1/s1. The normalized spacial score (nSPS) is 29.7. The van der Waals surface area contributed by atoms with Gasteiger partial charge in [0.15, 0.2) is 0 Å². The van der Waals surface area contributed by atoms with Crippen LogP contribution in [0.2, 0.25) is 0 Å². The topological polar surface area (TPSA) is 64.8 Å². The van der Waals surface area contributed by atoms with Crippen LogP contribution in [0.25, 0.3) is 0 Å². The fourth-order valence-corrected chi connectivity index (χ4v) is 3.54. The summed E-state index contributed by atoms with van der Waals surface area (Å²) in [7, 11) is 1.73. The molecule has 1 aromatic rings. The summed E-state index contributed by atoms with van der Waals surface area (Å²) in [5.41, 5.74) is 7.05. The Labute approximate surface area is 131 Å². The minimum Gasteiger partial charge on any atom is -0.381 e. The van der Waals surface area contributed by atoms with Crippen molar-refractivity contribution in [2.45, 2.75) is 43.6 Å². The van der Waals surface area contributed by atoms with Crippen LogP contribution in [-0.4, -0.2) is 49.3 Å². The molecule has 1 heterocycles. The first-order valence-electron chi connectivity index (χ1n) is 7.96. The number of amides is 1. The van der Waals surface area contributed by atoms with Gasteiger partial charge in [0.1, 0.15) is 6.04 Å². The van der Waals surface area contributed by atoms with E-state index in [0.717, 1.165) is 24.8 Å². The second-order valence-electron chi connectivity index (χ2n) is 6.07. The van der Waals surface area contributed by atoms with Crippen LogP contribution in [0.3, 0.4) is 0 Å². The summed E-state index contributed by atoms with van der Waals surface area (Å²) < 4.78 is 11.3. The molecule has 5 heteroatoms. The van der Waals surface area contributed by atoms with E-state index in [4.69, 9.17) is 15.2 Å². The van der Waals surface area contributed by atoms with Gasteiger partial charge in [-0.25, -0.2) is 0 Å². The third-order valence-electron chi connectivity index (χ3n) is 4.81. The lowest BCUT2D eigenvalue weighted by Crippen LogP contribution is -2.58. The minimum absolute atomic E-state index is 0.0127. The van der Waals surface area contributed by atoms with Crippen molar-refractivity contribution in [1.82, 2.24) is 4.90 Å². The minimum atomic E-state index is -0.608. The summed E-state index contributed by atoms with van der Waals surface area (Å²) in [6, 6.07) is 9.02. The molecule has 3 rings (SSSR count). The first-order valence-corrected chi connectivity index (χ1v) is 7.96. The molecule has 120 valence electrons. The molecule has 1 aliphatic heterocycles. The number of rotatable bonds is 3. The van der Waals surface area contributed by atoms with Gasteiger partial charge < -0.3 is 20.1 Å². The molecular formula is C17H24N2O3. The maximum absolute atomic E-state index is 12.9. The first kappa shape index (κ1) is 15.5. The van der Waals surface area contributed by atoms with Crippen molar-refractivity contribution in [3.05, 3.63) is 35.9 Å². The Morgan fingerprint density at radius 3 is 2.86 bits per heavy atom. The lowest BCUT2D eigenvalue weighted by atomic mass is 9.87. The zero-order valence-electron chi connectivity index (χ0n) is 13.0. The number of ether oxygens (including phenoxy) is 2. The molecule has 0 aromatic heterocycles. The van der Waals surface area contributed by atoms with Gasteiger partial charge in [-0.3, -0.25) is 4.79 Å². The molecule has 0 unspecified atom stereocenters. The number of carbonyl (C=O) groups is 1. The Hall–Kier alpha value is -1.43. The van der Waals surface area contributed by atoms with E-state index >= 15 is 0 Å². The van der Waals surface area contributed by atoms with E-state index in [9.17, 15) is 4.79 Å². The molecule has 22 heavy (non-hydrogen) atoms. The first-order chi connectivity index (χ1) is 10.7. The van der Waals surface area contributed by atoms with Crippen molar-refractivity contribution in [2.75, 3.05) is 20.3 Å². The summed E-state index contributed by atoms with van der Waals surface area (Å²) >= 11 is 0. The predicted octanol–water partition coefficient (Wildman–Crippen LogP) is 1.48. The van der Waals surface area contributed by atoms with Crippen molar-refractivity contribution in [2.24, 2.45) is 5.73 Å². The van der Waals surface area contributed by atoms with Crippen molar-refractivity contribution < 1.29 is 14.3 Å². The summed E-state index contributed by atoms with van der Waals surface area (Å²) in [6.45, 7) is 1.20. The number of nitrogens with two attached hydrogens (primary N) is 1. The van der Waals surface area contributed by atoms with Gasteiger partial charge in [-0.2, -0.15) is 0 Å².